The van der Waals surface area contributed by atoms with Crippen molar-refractivity contribution in [2.24, 2.45) is 0 Å². The standard InChI is InChI=1S/C9H11BrO2.C6H14O5/c1-4-5(2)9(12)7(10)6(3)8(4)11;1-7-5(8-2)11-6(9-3)10-4/h11-12H,1-3H3;5-6H,1-4H3. The number of methoxy groups -OCH3 is 4. The number of phenols is 2. The highest BCUT2D eigenvalue weighted by molar-refractivity contribution is 9.10. The lowest BCUT2D eigenvalue weighted by atomic mass is 10.0. The van der Waals surface area contributed by atoms with Crippen LogP contribution < -0.4 is 0 Å². The molecule has 1 aromatic rings. The third kappa shape index (κ3) is 6.25. The molecule has 0 bridgehead atoms. The fourth-order valence-electron chi connectivity index (χ4n) is 1.59. The van der Waals surface area contributed by atoms with E-state index in [-0.39, 0.29) is 11.5 Å². The molecule has 1 aromatic carbocycles. The highest BCUT2D eigenvalue weighted by Crippen LogP contribution is 2.39. The molecule has 134 valence electrons. The van der Waals surface area contributed by atoms with Gasteiger partial charge in [-0.1, -0.05) is 0 Å². The first-order valence-electron chi connectivity index (χ1n) is 6.68. The summed E-state index contributed by atoms with van der Waals surface area (Å²) in [5.74, 6) is 0.458. The molecule has 1 rings (SSSR count). The zero-order valence-electron chi connectivity index (χ0n) is 14.5. The maximum atomic E-state index is 9.55. The van der Waals surface area contributed by atoms with Crippen molar-refractivity contribution in [3.8, 4) is 11.5 Å². The SMILES string of the molecule is COC(OC)OC(OC)OC.Cc1c(C)c(O)c(Br)c(C)c1O. The molecule has 0 fully saturated rings. The predicted octanol–water partition coefficient (Wildman–Crippen LogP) is 2.94. The number of hydrogen-bond donors (Lipinski definition) is 2. The van der Waals surface area contributed by atoms with Crippen LogP contribution in [-0.4, -0.2) is 51.6 Å². The predicted molar refractivity (Wildman–Crippen MR) is 88.4 cm³/mol. The first kappa shape index (κ1) is 22.1. The van der Waals surface area contributed by atoms with E-state index >= 15 is 0 Å². The second-order valence-electron chi connectivity index (χ2n) is 4.54. The molecule has 0 heterocycles. The Morgan fingerprint density at radius 3 is 1.39 bits per heavy atom. The lowest BCUT2D eigenvalue weighted by molar-refractivity contribution is -0.378. The van der Waals surface area contributed by atoms with Crippen LogP contribution in [0.15, 0.2) is 4.47 Å². The lowest BCUT2D eigenvalue weighted by Gasteiger charge is -2.19. The Kier molecular flexibility index (Phi) is 10.4. The molecule has 0 spiro atoms. The van der Waals surface area contributed by atoms with Gasteiger partial charge in [-0.3, -0.25) is 4.74 Å². The van der Waals surface area contributed by atoms with Crippen LogP contribution in [0.2, 0.25) is 0 Å². The maximum Gasteiger partial charge on any atom is 0.275 e. The maximum absolute atomic E-state index is 9.55. The molecule has 8 heteroatoms. The van der Waals surface area contributed by atoms with Crippen molar-refractivity contribution in [2.45, 2.75) is 33.7 Å². The van der Waals surface area contributed by atoms with E-state index in [0.29, 0.717) is 15.6 Å². The molecule has 0 aromatic heterocycles. The van der Waals surface area contributed by atoms with Crippen LogP contribution in [0, 0.1) is 20.8 Å². The molecule has 0 radical (unpaired) electrons. The largest absolute Gasteiger partial charge is 0.507 e. The van der Waals surface area contributed by atoms with E-state index in [1.54, 1.807) is 20.8 Å². The van der Waals surface area contributed by atoms with Gasteiger partial charge < -0.3 is 29.2 Å². The van der Waals surface area contributed by atoms with Crippen molar-refractivity contribution in [2.75, 3.05) is 28.4 Å². The van der Waals surface area contributed by atoms with Crippen LogP contribution in [0.4, 0.5) is 0 Å². The number of rotatable bonds is 6. The summed E-state index contributed by atoms with van der Waals surface area (Å²) in [7, 11) is 5.82. The van der Waals surface area contributed by atoms with Gasteiger partial charge in [-0.25, -0.2) is 0 Å². The summed E-state index contributed by atoms with van der Waals surface area (Å²) in [5.41, 5.74) is 2.12. The van der Waals surface area contributed by atoms with E-state index in [1.807, 2.05) is 0 Å². The Labute approximate surface area is 145 Å². The second kappa shape index (κ2) is 10.8. The molecule has 0 atom stereocenters. The Balaban J connectivity index is 0.000000423. The number of aromatic hydroxyl groups is 2. The summed E-state index contributed by atoms with van der Waals surface area (Å²) in [4.78, 5) is 0. The number of halogens is 1. The van der Waals surface area contributed by atoms with Crippen LogP contribution in [0.25, 0.3) is 0 Å². The fraction of sp³-hybridized carbons (Fsp3) is 0.600. The van der Waals surface area contributed by atoms with Crippen LogP contribution in [0.5, 0.6) is 11.5 Å². The Morgan fingerprint density at radius 2 is 1.04 bits per heavy atom. The molecule has 7 nitrogen and oxygen atoms in total. The van der Waals surface area contributed by atoms with E-state index in [4.69, 9.17) is 23.7 Å². The molecule has 0 unspecified atom stereocenters. The molecule has 2 N–H and O–H groups in total. The van der Waals surface area contributed by atoms with Gasteiger partial charge in [0.15, 0.2) is 0 Å². The normalized spacial score (nSPS) is 10.9. The van der Waals surface area contributed by atoms with Gasteiger partial charge in [-0.2, -0.15) is 0 Å². The van der Waals surface area contributed by atoms with Crippen LogP contribution in [0.1, 0.15) is 16.7 Å². The van der Waals surface area contributed by atoms with Crippen molar-refractivity contribution in [3.05, 3.63) is 21.2 Å². The minimum absolute atomic E-state index is 0.211. The van der Waals surface area contributed by atoms with Gasteiger partial charge >= 0.3 is 0 Å². The van der Waals surface area contributed by atoms with E-state index in [0.717, 1.165) is 5.56 Å². The number of phenolic OH excluding ortho intramolecular Hbond substituents is 2. The monoisotopic (exact) mass is 396 g/mol. The molecule has 0 aliphatic rings. The molecule has 0 amide bonds. The fourth-order valence-corrected chi connectivity index (χ4v) is 2.07. The zero-order valence-corrected chi connectivity index (χ0v) is 16.1. The highest BCUT2D eigenvalue weighted by atomic mass is 79.9. The Morgan fingerprint density at radius 1 is 0.696 bits per heavy atom. The van der Waals surface area contributed by atoms with Crippen molar-refractivity contribution in [1.29, 1.82) is 0 Å². The summed E-state index contributed by atoms with van der Waals surface area (Å²) in [6.45, 7) is 3.78. The van der Waals surface area contributed by atoms with E-state index in [9.17, 15) is 10.2 Å². The van der Waals surface area contributed by atoms with Gasteiger partial charge in [0.2, 0.25) is 0 Å². The first-order valence-corrected chi connectivity index (χ1v) is 7.48. The van der Waals surface area contributed by atoms with Gasteiger partial charge in [0.1, 0.15) is 11.5 Å². The molecule has 0 saturated carbocycles. The average Bonchev–Trinajstić information content (AvgIpc) is 2.58. The van der Waals surface area contributed by atoms with E-state index < -0.39 is 13.0 Å². The Hall–Kier alpha value is -0.900. The average molecular weight is 397 g/mol. The molecule has 0 aliphatic heterocycles. The minimum Gasteiger partial charge on any atom is -0.507 e. The van der Waals surface area contributed by atoms with Crippen molar-refractivity contribution in [3.63, 3.8) is 0 Å². The molecule has 0 saturated heterocycles. The van der Waals surface area contributed by atoms with Gasteiger partial charge in [-0.15, -0.1) is 0 Å². The number of hydrogen-bond acceptors (Lipinski definition) is 7. The molecule has 23 heavy (non-hydrogen) atoms. The zero-order chi connectivity index (χ0) is 18.2. The summed E-state index contributed by atoms with van der Waals surface area (Å²) in [5, 5.41) is 19.1. The van der Waals surface area contributed by atoms with Crippen LogP contribution in [-0.2, 0) is 23.7 Å². The van der Waals surface area contributed by atoms with Gasteiger partial charge in [0.25, 0.3) is 13.0 Å². The van der Waals surface area contributed by atoms with Gasteiger partial charge in [-0.05, 0) is 47.8 Å². The number of benzene rings is 1. The summed E-state index contributed by atoms with van der Waals surface area (Å²) in [6, 6.07) is 0. The second-order valence-corrected chi connectivity index (χ2v) is 5.34. The van der Waals surface area contributed by atoms with Crippen molar-refractivity contribution in [1.82, 2.24) is 0 Å². The lowest BCUT2D eigenvalue weighted by Crippen LogP contribution is -2.27. The van der Waals surface area contributed by atoms with Crippen LogP contribution in [0.3, 0.4) is 0 Å². The third-order valence-electron chi connectivity index (χ3n) is 3.16. The summed E-state index contributed by atoms with van der Waals surface area (Å²) >= 11 is 3.20. The Bertz CT molecular complexity index is 370. The highest BCUT2D eigenvalue weighted by Gasteiger charge is 2.14. The van der Waals surface area contributed by atoms with Crippen LogP contribution >= 0.6 is 15.9 Å². The molecular weight excluding hydrogens is 372 g/mol. The first-order chi connectivity index (χ1) is 10.7. The smallest absolute Gasteiger partial charge is 0.275 e. The van der Waals surface area contributed by atoms with Crippen molar-refractivity contribution < 1.29 is 33.9 Å². The van der Waals surface area contributed by atoms with Gasteiger partial charge in [0.05, 0.1) is 4.47 Å². The van der Waals surface area contributed by atoms with Crippen molar-refractivity contribution >= 4 is 15.9 Å². The molecule has 0 aliphatic carbocycles. The van der Waals surface area contributed by atoms with Gasteiger partial charge in [0, 0.05) is 34.0 Å². The topological polar surface area (TPSA) is 86.6 Å². The molecular formula is C15H25BrO7. The minimum atomic E-state index is -0.764. The van der Waals surface area contributed by atoms with E-state index in [1.165, 1.54) is 28.4 Å². The quantitative estimate of drug-likeness (QED) is 0.564. The number of ether oxygens (including phenoxy) is 5. The summed E-state index contributed by atoms with van der Waals surface area (Å²) in [6.07, 6.45) is 0. The summed E-state index contributed by atoms with van der Waals surface area (Å²) < 4.78 is 24.4. The third-order valence-corrected chi connectivity index (χ3v) is 4.13. The van der Waals surface area contributed by atoms with E-state index in [2.05, 4.69) is 15.9 Å².